The van der Waals surface area contributed by atoms with Gasteiger partial charge in [-0.05, 0) is 37.3 Å². The fourth-order valence-electron chi connectivity index (χ4n) is 2.72. The lowest BCUT2D eigenvalue weighted by Gasteiger charge is -2.30. The number of hydrogen-bond donors (Lipinski definition) is 4. The maximum Gasteiger partial charge on any atom is 0.333 e. The Bertz CT molecular complexity index is 558. The molecule has 1 aliphatic rings. The minimum atomic E-state index is -0.620. The molecule has 1 fully saturated rings. The number of rotatable bonds is 5. The minimum absolute atomic E-state index is 0.397. The maximum atomic E-state index is 11.8. The highest BCUT2D eigenvalue weighted by Gasteiger charge is 2.15. The summed E-state index contributed by atoms with van der Waals surface area (Å²) in [5.74, 6) is -0.402. The standard InChI is InChI=1S/C17H27N5O2/c1-2-14(18)16(23)20-21-17(24)19-12-13-8-4-5-9-15(13)22-10-6-3-7-11-22/h4-5,8-9,14H,2-3,6-7,10-12,18H2,1H3,(H,20,23)(H2,19,21,24)/t14-/m0/s1. The van der Waals surface area contributed by atoms with Crippen LogP contribution in [0, 0.1) is 0 Å². The first-order valence-electron chi connectivity index (χ1n) is 8.54. The first-order valence-corrected chi connectivity index (χ1v) is 8.54. The Labute approximate surface area is 142 Å². The van der Waals surface area contributed by atoms with Crippen molar-refractivity contribution < 1.29 is 9.59 Å². The fourth-order valence-corrected chi connectivity index (χ4v) is 2.72. The van der Waals surface area contributed by atoms with Crippen LogP contribution in [0.1, 0.15) is 38.2 Å². The quantitative estimate of drug-likeness (QED) is 0.609. The highest BCUT2D eigenvalue weighted by Crippen LogP contribution is 2.23. The Morgan fingerprint density at radius 2 is 1.88 bits per heavy atom. The van der Waals surface area contributed by atoms with Gasteiger partial charge in [0.25, 0.3) is 5.91 Å². The van der Waals surface area contributed by atoms with Crippen LogP contribution in [0.5, 0.6) is 0 Å². The Morgan fingerprint density at radius 3 is 2.58 bits per heavy atom. The van der Waals surface area contributed by atoms with Crippen LogP contribution >= 0.6 is 0 Å². The van der Waals surface area contributed by atoms with E-state index >= 15 is 0 Å². The van der Waals surface area contributed by atoms with Crippen molar-refractivity contribution in [2.45, 2.75) is 45.2 Å². The summed E-state index contributed by atoms with van der Waals surface area (Å²) in [6.07, 6.45) is 4.19. The Morgan fingerprint density at radius 1 is 1.17 bits per heavy atom. The van der Waals surface area contributed by atoms with Gasteiger partial charge >= 0.3 is 6.03 Å². The molecule has 1 saturated heterocycles. The third kappa shape index (κ3) is 5.13. The normalized spacial score (nSPS) is 15.5. The van der Waals surface area contributed by atoms with Crippen molar-refractivity contribution in [3.05, 3.63) is 29.8 Å². The summed E-state index contributed by atoms with van der Waals surface area (Å²) in [7, 11) is 0. The molecule has 1 atom stereocenters. The molecule has 0 saturated carbocycles. The van der Waals surface area contributed by atoms with E-state index in [0.717, 1.165) is 24.3 Å². The predicted molar refractivity (Wildman–Crippen MR) is 94.3 cm³/mol. The van der Waals surface area contributed by atoms with Gasteiger partial charge in [0.2, 0.25) is 0 Å². The van der Waals surface area contributed by atoms with Crippen LogP contribution < -0.4 is 26.8 Å². The molecule has 7 nitrogen and oxygen atoms in total. The first kappa shape index (κ1) is 18.1. The van der Waals surface area contributed by atoms with E-state index in [1.54, 1.807) is 0 Å². The summed E-state index contributed by atoms with van der Waals surface area (Å²) in [6, 6.07) is 6.99. The van der Waals surface area contributed by atoms with Crippen LogP contribution in [0.2, 0.25) is 0 Å². The molecule has 0 unspecified atom stereocenters. The van der Waals surface area contributed by atoms with Gasteiger partial charge in [-0.2, -0.15) is 0 Å². The highest BCUT2D eigenvalue weighted by molar-refractivity contribution is 5.84. The van der Waals surface area contributed by atoms with E-state index in [2.05, 4.69) is 27.1 Å². The van der Waals surface area contributed by atoms with Gasteiger partial charge in [0, 0.05) is 25.3 Å². The minimum Gasteiger partial charge on any atom is -0.371 e. The van der Waals surface area contributed by atoms with Gasteiger partial charge in [-0.3, -0.25) is 10.2 Å². The summed E-state index contributed by atoms with van der Waals surface area (Å²) >= 11 is 0. The third-order valence-electron chi connectivity index (χ3n) is 4.20. The number of hydrazine groups is 1. The fraction of sp³-hybridized carbons (Fsp3) is 0.529. The molecule has 132 valence electrons. The summed E-state index contributed by atoms with van der Waals surface area (Å²) < 4.78 is 0. The number of piperidine rings is 1. The van der Waals surface area contributed by atoms with Crippen LogP contribution in [0.15, 0.2) is 24.3 Å². The Balaban J connectivity index is 1.85. The van der Waals surface area contributed by atoms with Crippen LogP contribution in [0.4, 0.5) is 10.5 Å². The largest absolute Gasteiger partial charge is 0.371 e. The predicted octanol–water partition coefficient (Wildman–Crippen LogP) is 1.24. The number of para-hydroxylation sites is 1. The second kappa shape index (κ2) is 9.12. The van der Waals surface area contributed by atoms with Crippen LogP contribution in [0.25, 0.3) is 0 Å². The second-order valence-electron chi connectivity index (χ2n) is 5.99. The average molecular weight is 333 g/mol. The molecule has 1 heterocycles. The smallest absolute Gasteiger partial charge is 0.333 e. The topological polar surface area (TPSA) is 99.5 Å². The number of amides is 3. The van der Waals surface area contributed by atoms with Crippen LogP contribution in [-0.2, 0) is 11.3 Å². The highest BCUT2D eigenvalue weighted by atomic mass is 16.2. The van der Waals surface area contributed by atoms with Crippen molar-refractivity contribution in [1.29, 1.82) is 0 Å². The Hall–Kier alpha value is -2.28. The summed E-state index contributed by atoms with van der Waals surface area (Å²) in [5.41, 5.74) is 12.4. The van der Waals surface area contributed by atoms with Gasteiger partial charge in [0.05, 0.1) is 6.04 Å². The van der Waals surface area contributed by atoms with Gasteiger partial charge < -0.3 is 16.0 Å². The molecule has 0 bridgehead atoms. The molecular weight excluding hydrogens is 306 g/mol. The molecule has 24 heavy (non-hydrogen) atoms. The van der Waals surface area contributed by atoms with Crippen LogP contribution in [0.3, 0.4) is 0 Å². The lowest BCUT2D eigenvalue weighted by molar-refractivity contribution is -0.123. The molecule has 0 radical (unpaired) electrons. The maximum absolute atomic E-state index is 11.8. The van der Waals surface area contributed by atoms with Gasteiger partial charge in [-0.15, -0.1) is 0 Å². The number of carbonyl (C=O) groups is 2. The van der Waals surface area contributed by atoms with Crippen molar-refractivity contribution in [1.82, 2.24) is 16.2 Å². The summed E-state index contributed by atoms with van der Waals surface area (Å²) in [5, 5.41) is 2.76. The van der Waals surface area contributed by atoms with Gasteiger partial charge in [0.15, 0.2) is 0 Å². The molecule has 1 aromatic carbocycles. The number of anilines is 1. The number of carbonyl (C=O) groups excluding carboxylic acids is 2. The van der Waals surface area contributed by atoms with Crippen molar-refractivity contribution in [3.63, 3.8) is 0 Å². The molecule has 5 N–H and O–H groups in total. The van der Waals surface area contributed by atoms with Crippen LogP contribution in [-0.4, -0.2) is 31.1 Å². The van der Waals surface area contributed by atoms with Gasteiger partial charge in [0.1, 0.15) is 0 Å². The SMILES string of the molecule is CC[C@H](N)C(=O)NNC(=O)NCc1ccccc1N1CCCCC1. The van der Waals surface area contributed by atoms with E-state index in [0.29, 0.717) is 13.0 Å². The van der Waals surface area contributed by atoms with Crippen molar-refractivity contribution in [2.24, 2.45) is 5.73 Å². The molecule has 0 aliphatic carbocycles. The molecule has 1 aliphatic heterocycles. The summed E-state index contributed by atoms with van der Waals surface area (Å²) in [6.45, 7) is 4.30. The monoisotopic (exact) mass is 333 g/mol. The zero-order valence-corrected chi connectivity index (χ0v) is 14.2. The van der Waals surface area contributed by atoms with Crippen molar-refractivity contribution in [2.75, 3.05) is 18.0 Å². The lowest BCUT2D eigenvalue weighted by Crippen LogP contribution is -2.51. The molecule has 2 rings (SSSR count). The number of nitrogens with two attached hydrogens (primary N) is 1. The molecule has 0 aromatic heterocycles. The number of nitrogens with zero attached hydrogens (tertiary/aromatic N) is 1. The van der Waals surface area contributed by atoms with E-state index in [-0.39, 0.29) is 0 Å². The molecule has 7 heteroatoms. The summed E-state index contributed by atoms with van der Waals surface area (Å²) in [4.78, 5) is 25.7. The van der Waals surface area contributed by atoms with Gasteiger partial charge in [-0.1, -0.05) is 25.1 Å². The van der Waals surface area contributed by atoms with E-state index < -0.39 is 18.0 Å². The molecule has 0 spiro atoms. The number of urea groups is 1. The van der Waals surface area contributed by atoms with E-state index in [4.69, 9.17) is 5.73 Å². The van der Waals surface area contributed by atoms with E-state index in [1.807, 2.05) is 25.1 Å². The number of nitrogens with one attached hydrogen (secondary N) is 3. The number of benzene rings is 1. The first-order chi connectivity index (χ1) is 11.6. The second-order valence-corrected chi connectivity index (χ2v) is 5.99. The lowest BCUT2D eigenvalue weighted by atomic mass is 10.1. The van der Waals surface area contributed by atoms with Gasteiger partial charge in [-0.25, -0.2) is 10.2 Å². The van der Waals surface area contributed by atoms with Crippen molar-refractivity contribution in [3.8, 4) is 0 Å². The Kier molecular flexibility index (Phi) is 6.87. The van der Waals surface area contributed by atoms with E-state index in [1.165, 1.54) is 19.3 Å². The zero-order chi connectivity index (χ0) is 17.4. The molecular formula is C17H27N5O2. The third-order valence-corrected chi connectivity index (χ3v) is 4.20. The zero-order valence-electron chi connectivity index (χ0n) is 14.2. The average Bonchev–Trinajstić information content (AvgIpc) is 2.64. The van der Waals surface area contributed by atoms with E-state index in [9.17, 15) is 9.59 Å². The molecule has 3 amide bonds. The number of hydrogen-bond acceptors (Lipinski definition) is 4. The molecule has 1 aromatic rings. The van der Waals surface area contributed by atoms with Crippen molar-refractivity contribution >= 4 is 17.6 Å².